The standard InChI is InChI=1S/C17H23BrN2O/c1-12(2)10-19-8-4-5-17-20-11-16(21-17)14-6-7-15(18)13(3)9-14/h6-7,9,11-12,19H,4-5,8,10H2,1-3H3. The molecule has 0 amide bonds. The molecule has 2 rings (SSSR count). The Labute approximate surface area is 135 Å². The van der Waals surface area contributed by atoms with Crippen molar-refractivity contribution in [2.75, 3.05) is 13.1 Å². The lowest BCUT2D eigenvalue weighted by Crippen LogP contribution is -2.21. The van der Waals surface area contributed by atoms with Crippen LogP contribution in [0.25, 0.3) is 11.3 Å². The minimum atomic E-state index is 0.694. The Hall–Kier alpha value is -1.13. The highest BCUT2D eigenvalue weighted by molar-refractivity contribution is 9.10. The van der Waals surface area contributed by atoms with Gasteiger partial charge < -0.3 is 9.73 Å². The minimum Gasteiger partial charge on any atom is -0.441 e. The Morgan fingerprint density at radius 2 is 2.14 bits per heavy atom. The molecule has 21 heavy (non-hydrogen) atoms. The van der Waals surface area contributed by atoms with E-state index in [4.69, 9.17) is 4.42 Å². The number of benzene rings is 1. The summed E-state index contributed by atoms with van der Waals surface area (Å²) in [5.74, 6) is 2.35. The average Bonchev–Trinajstić information content (AvgIpc) is 2.90. The number of rotatable bonds is 7. The number of hydrogen-bond acceptors (Lipinski definition) is 3. The van der Waals surface area contributed by atoms with E-state index in [-0.39, 0.29) is 0 Å². The van der Waals surface area contributed by atoms with E-state index >= 15 is 0 Å². The van der Waals surface area contributed by atoms with E-state index in [0.717, 1.165) is 47.6 Å². The van der Waals surface area contributed by atoms with Gasteiger partial charge >= 0.3 is 0 Å². The maximum atomic E-state index is 5.84. The van der Waals surface area contributed by atoms with Gasteiger partial charge in [0, 0.05) is 16.5 Å². The zero-order valence-corrected chi connectivity index (χ0v) is 14.5. The fourth-order valence-electron chi connectivity index (χ4n) is 2.11. The number of halogens is 1. The summed E-state index contributed by atoms with van der Waals surface area (Å²) in [5.41, 5.74) is 2.27. The van der Waals surface area contributed by atoms with Gasteiger partial charge in [0.05, 0.1) is 6.20 Å². The maximum Gasteiger partial charge on any atom is 0.194 e. The monoisotopic (exact) mass is 350 g/mol. The van der Waals surface area contributed by atoms with Crippen molar-refractivity contribution >= 4 is 15.9 Å². The molecule has 0 unspecified atom stereocenters. The quantitative estimate of drug-likeness (QED) is 0.742. The third-order valence-corrected chi connectivity index (χ3v) is 4.18. The van der Waals surface area contributed by atoms with Crippen molar-refractivity contribution < 1.29 is 4.42 Å². The number of nitrogens with one attached hydrogen (secondary N) is 1. The van der Waals surface area contributed by atoms with Gasteiger partial charge in [-0.3, -0.25) is 0 Å². The molecule has 1 N–H and O–H groups in total. The molecule has 1 aromatic heterocycles. The van der Waals surface area contributed by atoms with Crippen molar-refractivity contribution in [3.63, 3.8) is 0 Å². The summed E-state index contributed by atoms with van der Waals surface area (Å²) in [6.07, 6.45) is 3.74. The minimum absolute atomic E-state index is 0.694. The van der Waals surface area contributed by atoms with Crippen LogP contribution in [-0.2, 0) is 6.42 Å². The molecule has 1 aromatic carbocycles. The van der Waals surface area contributed by atoms with Crippen molar-refractivity contribution in [2.24, 2.45) is 5.92 Å². The van der Waals surface area contributed by atoms with E-state index < -0.39 is 0 Å². The number of aryl methyl sites for hydroxylation is 2. The van der Waals surface area contributed by atoms with Crippen LogP contribution in [0.2, 0.25) is 0 Å². The molecule has 4 heteroatoms. The Morgan fingerprint density at radius 1 is 1.33 bits per heavy atom. The Balaban J connectivity index is 1.87. The lowest BCUT2D eigenvalue weighted by Gasteiger charge is -2.05. The van der Waals surface area contributed by atoms with Crippen LogP contribution in [0.5, 0.6) is 0 Å². The molecule has 0 aliphatic carbocycles. The highest BCUT2D eigenvalue weighted by Crippen LogP contribution is 2.25. The highest BCUT2D eigenvalue weighted by atomic mass is 79.9. The molecule has 0 bridgehead atoms. The molecule has 2 aromatic rings. The summed E-state index contributed by atoms with van der Waals surface area (Å²) >= 11 is 3.51. The van der Waals surface area contributed by atoms with E-state index in [1.807, 2.05) is 18.3 Å². The molecule has 0 radical (unpaired) electrons. The molecule has 0 aliphatic heterocycles. The lowest BCUT2D eigenvalue weighted by atomic mass is 10.1. The van der Waals surface area contributed by atoms with Gasteiger partial charge in [-0.15, -0.1) is 0 Å². The second-order valence-electron chi connectivity index (χ2n) is 5.78. The molecule has 0 aliphatic rings. The van der Waals surface area contributed by atoms with Crippen molar-refractivity contribution in [3.8, 4) is 11.3 Å². The summed E-state index contributed by atoms with van der Waals surface area (Å²) in [7, 11) is 0. The second kappa shape index (κ2) is 7.76. The molecule has 0 spiro atoms. The van der Waals surface area contributed by atoms with E-state index in [1.54, 1.807) is 0 Å². The molecule has 3 nitrogen and oxygen atoms in total. The van der Waals surface area contributed by atoms with Crippen molar-refractivity contribution in [1.29, 1.82) is 0 Å². The van der Waals surface area contributed by atoms with Gasteiger partial charge in [0.2, 0.25) is 0 Å². The summed E-state index contributed by atoms with van der Waals surface area (Å²) in [5, 5.41) is 3.43. The first-order valence-electron chi connectivity index (χ1n) is 7.48. The first-order chi connectivity index (χ1) is 10.1. The first-order valence-corrected chi connectivity index (χ1v) is 8.27. The van der Waals surface area contributed by atoms with Crippen LogP contribution in [0.4, 0.5) is 0 Å². The van der Waals surface area contributed by atoms with Crippen LogP contribution >= 0.6 is 15.9 Å². The molecule has 0 fully saturated rings. The normalized spacial score (nSPS) is 11.3. The van der Waals surface area contributed by atoms with Crippen LogP contribution in [0.1, 0.15) is 31.7 Å². The Morgan fingerprint density at radius 3 is 2.86 bits per heavy atom. The Bertz CT molecular complexity index is 578. The zero-order valence-electron chi connectivity index (χ0n) is 12.9. The van der Waals surface area contributed by atoms with Gasteiger partial charge in [-0.1, -0.05) is 35.8 Å². The van der Waals surface area contributed by atoms with Crippen LogP contribution in [0.3, 0.4) is 0 Å². The molecule has 114 valence electrons. The fraction of sp³-hybridized carbons (Fsp3) is 0.471. The number of hydrogen-bond donors (Lipinski definition) is 1. The fourth-order valence-corrected chi connectivity index (χ4v) is 2.36. The number of nitrogens with zero attached hydrogens (tertiary/aromatic N) is 1. The lowest BCUT2D eigenvalue weighted by molar-refractivity contribution is 0.483. The highest BCUT2D eigenvalue weighted by Gasteiger charge is 2.07. The topological polar surface area (TPSA) is 38.1 Å². The molecular formula is C17H23BrN2O. The van der Waals surface area contributed by atoms with Gasteiger partial charge in [-0.2, -0.15) is 0 Å². The molecule has 0 saturated carbocycles. The molecule has 0 saturated heterocycles. The SMILES string of the molecule is Cc1cc(-c2cnc(CCCNCC(C)C)o2)ccc1Br. The van der Waals surface area contributed by atoms with Gasteiger partial charge in [-0.05, 0) is 50.0 Å². The van der Waals surface area contributed by atoms with E-state index in [1.165, 1.54) is 5.56 Å². The summed E-state index contributed by atoms with van der Waals surface area (Å²) in [4.78, 5) is 4.37. The van der Waals surface area contributed by atoms with Crippen molar-refractivity contribution in [2.45, 2.75) is 33.6 Å². The predicted octanol–water partition coefficient (Wildman–Crippen LogP) is 4.59. The third-order valence-electron chi connectivity index (χ3n) is 3.29. The summed E-state index contributed by atoms with van der Waals surface area (Å²) in [6.45, 7) is 8.58. The van der Waals surface area contributed by atoms with Gasteiger partial charge in [0.15, 0.2) is 11.7 Å². The predicted molar refractivity (Wildman–Crippen MR) is 90.4 cm³/mol. The van der Waals surface area contributed by atoms with E-state index in [2.05, 4.69) is 53.1 Å². The van der Waals surface area contributed by atoms with E-state index in [0.29, 0.717) is 5.92 Å². The van der Waals surface area contributed by atoms with Gasteiger partial charge in [0.25, 0.3) is 0 Å². The van der Waals surface area contributed by atoms with Gasteiger partial charge in [-0.25, -0.2) is 4.98 Å². The summed E-state index contributed by atoms with van der Waals surface area (Å²) < 4.78 is 6.95. The smallest absolute Gasteiger partial charge is 0.194 e. The molecule has 0 atom stereocenters. The zero-order chi connectivity index (χ0) is 15.2. The van der Waals surface area contributed by atoms with Crippen LogP contribution in [0, 0.1) is 12.8 Å². The van der Waals surface area contributed by atoms with Crippen LogP contribution in [0.15, 0.2) is 33.3 Å². The molecule has 1 heterocycles. The Kier molecular flexibility index (Phi) is 6.00. The average molecular weight is 351 g/mol. The summed E-state index contributed by atoms with van der Waals surface area (Å²) in [6, 6.07) is 6.20. The second-order valence-corrected chi connectivity index (χ2v) is 6.64. The van der Waals surface area contributed by atoms with Crippen LogP contribution < -0.4 is 5.32 Å². The largest absolute Gasteiger partial charge is 0.441 e. The van der Waals surface area contributed by atoms with Gasteiger partial charge in [0.1, 0.15) is 0 Å². The van der Waals surface area contributed by atoms with Crippen LogP contribution in [-0.4, -0.2) is 18.1 Å². The third kappa shape index (κ3) is 4.97. The van der Waals surface area contributed by atoms with Crippen molar-refractivity contribution in [1.82, 2.24) is 10.3 Å². The number of aromatic nitrogens is 1. The van der Waals surface area contributed by atoms with Crippen molar-refractivity contribution in [3.05, 3.63) is 40.3 Å². The maximum absolute atomic E-state index is 5.84. The van der Waals surface area contributed by atoms with E-state index in [9.17, 15) is 0 Å². The molecular weight excluding hydrogens is 328 g/mol. The first kappa shape index (κ1) is 16.2. The number of oxazole rings is 1.